The zero-order valence-electron chi connectivity index (χ0n) is 7.79. The average molecular weight is 218 g/mol. The van der Waals surface area contributed by atoms with Gasteiger partial charge in [0.1, 0.15) is 0 Å². The van der Waals surface area contributed by atoms with Crippen molar-refractivity contribution in [2.75, 3.05) is 19.6 Å². The van der Waals surface area contributed by atoms with Crippen LogP contribution in [0.2, 0.25) is 0 Å². The molecule has 0 bridgehead atoms. The van der Waals surface area contributed by atoms with Gasteiger partial charge in [0.05, 0.1) is 24.4 Å². The number of hydrogen-bond acceptors (Lipinski definition) is 3. The van der Waals surface area contributed by atoms with Crippen LogP contribution < -0.4 is 5.32 Å². The molecule has 0 aliphatic heterocycles. The second-order valence-electron chi connectivity index (χ2n) is 2.77. The zero-order chi connectivity index (χ0) is 10.4. The van der Waals surface area contributed by atoms with Gasteiger partial charge >= 0.3 is 0 Å². The van der Waals surface area contributed by atoms with Gasteiger partial charge in [-0.25, -0.2) is 0 Å². The van der Waals surface area contributed by atoms with Gasteiger partial charge < -0.3 is 10.1 Å². The number of ether oxygens (including phenoxy) is 1. The van der Waals surface area contributed by atoms with Gasteiger partial charge in [0.2, 0.25) is 0 Å². The van der Waals surface area contributed by atoms with Gasteiger partial charge in [-0.15, -0.1) is 11.6 Å². The van der Waals surface area contributed by atoms with Gasteiger partial charge in [-0.05, 0) is 0 Å². The molecule has 0 fully saturated rings. The van der Waals surface area contributed by atoms with E-state index in [2.05, 4.69) is 15.5 Å². The lowest BCUT2D eigenvalue weighted by Gasteiger charge is -2.13. The number of H-pyrrole nitrogens is 1. The highest BCUT2D eigenvalue weighted by Crippen LogP contribution is 1.96. The van der Waals surface area contributed by atoms with Crippen molar-refractivity contribution in [1.82, 2.24) is 15.5 Å². The van der Waals surface area contributed by atoms with Crippen LogP contribution in [-0.2, 0) is 4.74 Å². The van der Waals surface area contributed by atoms with Crippen LogP contribution in [0.5, 0.6) is 0 Å². The summed E-state index contributed by atoms with van der Waals surface area (Å²) in [7, 11) is 1.56. The highest BCUT2D eigenvalue weighted by atomic mass is 35.5. The van der Waals surface area contributed by atoms with Crippen LogP contribution in [0, 0.1) is 0 Å². The largest absolute Gasteiger partial charge is 0.383 e. The molecule has 1 aromatic heterocycles. The van der Waals surface area contributed by atoms with E-state index in [1.165, 1.54) is 12.4 Å². The molecule has 0 aromatic carbocycles. The summed E-state index contributed by atoms with van der Waals surface area (Å²) < 4.78 is 4.89. The van der Waals surface area contributed by atoms with Crippen LogP contribution in [0.1, 0.15) is 10.4 Å². The van der Waals surface area contributed by atoms with Gasteiger partial charge in [-0.2, -0.15) is 5.10 Å². The molecule has 1 aromatic rings. The maximum absolute atomic E-state index is 11.5. The molecule has 1 rings (SSSR count). The van der Waals surface area contributed by atoms with Crippen molar-refractivity contribution >= 4 is 17.5 Å². The first-order chi connectivity index (χ1) is 6.77. The normalized spacial score (nSPS) is 12.4. The van der Waals surface area contributed by atoms with Crippen LogP contribution >= 0.6 is 11.6 Å². The van der Waals surface area contributed by atoms with Crippen molar-refractivity contribution < 1.29 is 9.53 Å². The summed E-state index contributed by atoms with van der Waals surface area (Å²) in [5.41, 5.74) is 0.483. The molecule has 0 aliphatic carbocycles. The molecule has 0 saturated carbocycles. The molecule has 0 aliphatic rings. The predicted molar refractivity (Wildman–Crippen MR) is 52.4 cm³/mol. The van der Waals surface area contributed by atoms with Gasteiger partial charge in [0.25, 0.3) is 5.91 Å². The molecule has 1 atom stereocenters. The number of nitrogens with zero attached hydrogens (tertiary/aromatic N) is 1. The van der Waals surface area contributed by atoms with E-state index in [0.717, 1.165) is 0 Å². The molecule has 0 saturated heterocycles. The minimum atomic E-state index is -0.207. The Morgan fingerprint density at radius 3 is 3.14 bits per heavy atom. The summed E-state index contributed by atoms with van der Waals surface area (Å²) in [4.78, 5) is 11.5. The molecule has 1 heterocycles. The molecule has 6 heteroatoms. The van der Waals surface area contributed by atoms with Crippen molar-refractivity contribution in [3.8, 4) is 0 Å². The molecule has 0 spiro atoms. The second kappa shape index (κ2) is 5.62. The van der Waals surface area contributed by atoms with E-state index >= 15 is 0 Å². The molecular weight excluding hydrogens is 206 g/mol. The summed E-state index contributed by atoms with van der Waals surface area (Å²) in [6.45, 7) is 0.396. The van der Waals surface area contributed by atoms with Crippen LogP contribution in [0.15, 0.2) is 12.4 Å². The Morgan fingerprint density at radius 2 is 2.64 bits per heavy atom. The van der Waals surface area contributed by atoms with Gasteiger partial charge in [0.15, 0.2) is 0 Å². The predicted octanol–water partition coefficient (Wildman–Crippen LogP) is 0.393. The lowest BCUT2D eigenvalue weighted by atomic mass is 10.3. The number of carbonyl (C=O) groups excluding carboxylic acids is 1. The third kappa shape index (κ3) is 3.01. The summed E-state index contributed by atoms with van der Waals surface area (Å²) in [5, 5.41) is 8.95. The van der Waals surface area contributed by atoms with Crippen LogP contribution in [0.3, 0.4) is 0 Å². The number of methoxy groups -OCH3 is 1. The number of hydrogen-bond donors (Lipinski definition) is 2. The fourth-order valence-corrected chi connectivity index (χ4v) is 1.14. The van der Waals surface area contributed by atoms with Crippen molar-refractivity contribution in [3.05, 3.63) is 18.0 Å². The first-order valence-corrected chi connectivity index (χ1v) is 4.66. The molecule has 1 unspecified atom stereocenters. The van der Waals surface area contributed by atoms with E-state index in [0.29, 0.717) is 18.1 Å². The number of aromatic amines is 1. The topological polar surface area (TPSA) is 67.0 Å². The first-order valence-electron chi connectivity index (χ1n) is 4.12. The molecule has 2 N–H and O–H groups in total. The van der Waals surface area contributed by atoms with E-state index in [1.807, 2.05) is 0 Å². The molecule has 0 radical (unpaired) electrons. The number of aromatic nitrogens is 2. The maximum atomic E-state index is 11.5. The summed E-state index contributed by atoms with van der Waals surface area (Å²) in [6.07, 6.45) is 2.97. The van der Waals surface area contributed by atoms with Crippen LogP contribution in [0.25, 0.3) is 0 Å². The van der Waals surface area contributed by atoms with Crippen LogP contribution in [0.4, 0.5) is 0 Å². The number of amides is 1. The fraction of sp³-hybridized carbons (Fsp3) is 0.500. The Bertz CT molecular complexity index is 276. The third-order valence-electron chi connectivity index (χ3n) is 1.65. The number of rotatable bonds is 5. The Kier molecular flexibility index (Phi) is 4.42. The number of alkyl halides is 1. The van der Waals surface area contributed by atoms with Crippen molar-refractivity contribution in [2.24, 2.45) is 0 Å². The van der Waals surface area contributed by atoms with Gasteiger partial charge in [-0.1, -0.05) is 0 Å². The smallest absolute Gasteiger partial charge is 0.254 e. The highest BCUT2D eigenvalue weighted by Gasteiger charge is 2.12. The number of nitrogens with one attached hydrogen (secondary N) is 2. The standard InChI is InChI=1S/C8H12ClN3O2/c1-14-5-7(2-9)12-8(13)6-3-10-11-4-6/h3-4,7H,2,5H2,1H3,(H,10,11)(H,12,13). The monoisotopic (exact) mass is 217 g/mol. The average Bonchev–Trinajstić information content (AvgIpc) is 2.69. The Balaban J connectivity index is 2.47. The highest BCUT2D eigenvalue weighted by molar-refractivity contribution is 6.18. The molecule has 5 nitrogen and oxygen atoms in total. The Labute approximate surface area is 86.8 Å². The lowest BCUT2D eigenvalue weighted by Crippen LogP contribution is -2.39. The second-order valence-corrected chi connectivity index (χ2v) is 3.08. The summed E-state index contributed by atoms with van der Waals surface area (Å²) in [6, 6.07) is -0.177. The van der Waals surface area contributed by atoms with E-state index < -0.39 is 0 Å². The van der Waals surface area contributed by atoms with E-state index in [-0.39, 0.29) is 11.9 Å². The minimum absolute atomic E-state index is 0.177. The van der Waals surface area contributed by atoms with E-state index in [1.54, 1.807) is 7.11 Å². The van der Waals surface area contributed by atoms with E-state index in [4.69, 9.17) is 16.3 Å². The SMILES string of the molecule is COCC(CCl)NC(=O)c1cn[nH]c1. The summed E-state index contributed by atoms with van der Waals surface area (Å²) in [5.74, 6) is 0.110. The van der Waals surface area contributed by atoms with Gasteiger partial charge in [0, 0.05) is 19.2 Å². The van der Waals surface area contributed by atoms with Crippen molar-refractivity contribution in [1.29, 1.82) is 0 Å². The van der Waals surface area contributed by atoms with Crippen molar-refractivity contribution in [2.45, 2.75) is 6.04 Å². The summed E-state index contributed by atoms with van der Waals surface area (Å²) >= 11 is 5.63. The molecule has 78 valence electrons. The number of carbonyl (C=O) groups is 1. The Morgan fingerprint density at radius 1 is 1.86 bits per heavy atom. The first kappa shape index (κ1) is 11.0. The molecule has 1 amide bonds. The zero-order valence-corrected chi connectivity index (χ0v) is 8.54. The minimum Gasteiger partial charge on any atom is -0.383 e. The fourth-order valence-electron chi connectivity index (χ4n) is 0.970. The molecular formula is C8H12ClN3O2. The third-order valence-corrected chi connectivity index (χ3v) is 2.02. The van der Waals surface area contributed by atoms with E-state index in [9.17, 15) is 4.79 Å². The van der Waals surface area contributed by atoms with Crippen molar-refractivity contribution in [3.63, 3.8) is 0 Å². The maximum Gasteiger partial charge on any atom is 0.254 e. The number of halogens is 1. The van der Waals surface area contributed by atoms with Gasteiger partial charge in [-0.3, -0.25) is 9.89 Å². The lowest BCUT2D eigenvalue weighted by molar-refractivity contribution is 0.0907. The Hall–Kier alpha value is -1.07. The quantitative estimate of drug-likeness (QED) is 0.702. The molecule has 14 heavy (non-hydrogen) atoms. The van der Waals surface area contributed by atoms with Crippen LogP contribution in [-0.4, -0.2) is 41.7 Å².